The number of aryl methyl sites for hydroxylation is 1. The quantitative estimate of drug-likeness (QED) is 0.370. The van der Waals surface area contributed by atoms with E-state index in [2.05, 4.69) is 49.1 Å². The number of likely N-dealkylation sites (tertiary alicyclic amines) is 1. The van der Waals surface area contributed by atoms with Gasteiger partial charge >= 0.3 is 0 Å². The molecule has 1 heterocycles. The normalized spacial score (nSPS) is 27.5. The molecule has 0 N–H and O–H groups in total. The Balaban J connectivity index is 1.49. The molecule has 0 radical (unpaired) electrons. The SMILES string of the molecule is CC[C@@H](C(=O)N1CC[C@@H](c2ccccc2)C[C@H]1C1CCCCC1)[C@]1(CC)CCCc2cc(Cl)cc(F)c21. The first kappa shape index (κ1) is 26.7. The molecule has 2 aliphatic carbocycles. The highest BCUT2D eigenvalue weighted by Gasteiger charge is 2.49. The molecule has 1 saturated heterocycles. The zero-order valence-electron chi connectivity index (χ0n) is 22.7. The second kappa shape index (κ2) is 11.5. The summed E-state index contributed by atoms with van der Waals surface area (Å²) in [6.45, 7) is 5.10. The highest BCUT2D eigenvalue weighted by molar-refractivity contribution is 6.30. The van der Waals surface area contributed by atoms with Gasteiger partial charge in [-0.3, -0.25) is 4.79 Å². The summed E-state index contributed by atoms with van der Waals surface area (Å²) in [4.78, 5) is 16.9. The summed E-state index contributed by atoms with van der Waals surface area (Å²) in [7, 11) is 0. The van der Waals surface area contributed by atoms with Crippen LogP contribution in [0, 0.1) is 17.7 Å². The number of fused-ring (bicyclic) bond motifs is 1. The van der Waals surface area contributed by atoms with E-state index in [9.17, 15) is 4.79 Å². The summed E-state index contributed by atoms with van der Waals surface area (Å²) in [5.74, 6) is 0.933. The van der Waals surface area contributed by atoms with Crippen molar-refractivity contribution in [2.75, 3.05) is 6.54 Å². The lowest BCUT2D eigenvalue weighted by Crippen LogP contribution is -2.55. The van der Waals surface area contributed by atoms with E-state index < -0.39 is 5.41 Å². The predicted octanol–water partition coefficient (Wildman–Crippen LogP) is 8.84. The predicted molar refractivity (Wildman–Crippen MR) is 151 cm³/mol. The second-order valence-corrected chi connectivity index (χ2v) is 12.3. The molecule has 2 aromatic rings. The Morgan fingerprint density at radius 1 is 1.08 bits per heavy atom. The maximum atomic E-state index is 15.6. The van der Waals surface area contributed by atoms with Gasteiger partial charge in [0.2, 0.25) is 5.91 Å². The largest absolute Gasteiger partial charge is 0.339 e. The van der Waals surface area contributed by atoms with E-state index in [-0.39, 0.29) is 23.7 Å². The minimum absolute atomic E-state index is 0.202. The lowest BCUT2D eigenvalue weighted by atomic mass is 9.60. The van der Waals surface area contributed by atoms with Crippen molar-refractivity contribution in [3.63, 3.8) is 0 Å². The van der Waals surface area contributed by atoms with E-state index in [1.807, 2.05) is 6.07 Å². The Bertz CT molecular complexity index is 1080. The summed E-state index contributed by atoms with van der Waals surface area (Å²) in [5, 5.41) is 0.461. The van der Waals surface area contributed by atoms with E-state index in [4.69, 9.17) is 11.6 Å². The molecule has 4 heteroatoms. The minimum Gasteiger partial charge on any atom is -0.339 e. The van der Waals surface area contributed by atoms with Crippen LogP contribution in [0.1, 0.15) is 107 Å². The average molecular weight is 524 g/mol. The van der Waals surface area contributed by atoms with Crippen LogP contribution in [-0.4, -0.2) is 23.4 Å². The third-order valence-electron chi connectivity index (χ3n) is 10.1. The minimum atomic E-state index is -0.457. The Morgan fingerprint density at radius 2 is 1.84 bits per heavy atom. The van der Waals surface area contributed by atoms with Crippen LogP contribution in [0.25, 0.3) is 0 Å². The molecule has 4 atom stereocenters. The first-order chi connectivity index (χ1) is 18.0. The van der Waals surface area contributed by atoms with Crippen molar-refractivity contribution >= 4 is 17.5 Å². The summed E-state index contributed by atoms with van der Waals surface area (Å²) < 4.78 is 15.6. The van der Waals surface area contributed by atoms with Crippen molar-refractivity contribution in [3.8, 4) is 0 Å². The number of nitrogens with zero attached hydrogens (tertiary/aromatic N) is 1. The summed E-state index contributed by atoms with van der Waals surface area (Å²) in [6, 6.07) is 14.6. The van der Waals surface area contributed by atoms with Gasteiger partial charge in [-0.1, -0.05) is 75.0 Å². The molecule has 0 spiro atoms. The molecule has 3 aliphatic rings. The lowest BCUT2D eigenvalue weighted by Gasteiger charge is -2.50. The van der Waals surface area contributed by atoms with Crippen molar-refractivity contribution < 1.29 is 9.18 Å². The maximum absolute atomic E-state index is 15.6. The third kappa shape index (κ3) is 5.10. The summed E-state index contributed by atoms with van der Waals surface area (Å²) in [6.07, 6.45) is 12.6. The van der Waals surface area contributed by atoms with Crippen molar-refractivity contribution in [1.82, 2.24) is 4.90 Å². The number of carbonyl (C=O) groups is 1. The van der Waals surface area contributed by atoms with E-state index in [0.29, 0.717) is 16.9 Å². The van der Waals surface area contributed by atoms with Crippen molar-refractivity contribution in [1.29, 1.82) is 0 Å². The van der Waals surface area contributed by atoms with Crippen LogP contribution in [0.5, 0.6) is 0 Å². The van der Waals surface area contributed by atoms with Gasteiger partial charge in [0.15, 0.2) is 0 Å². The first-order valence-corrected chi connectivity index (χ1v) is 15.2. The van der Waals surface area contributed by atoms with Gasteiger partial charge < -0.3 is 4.90 Å². The monoisotopic (exact) mass is 523 g/mol. The van der Waals surface area contributed by atoms with Crippen LogP contribution in [-0.2, 0) is 16.6 Å². The molecular formula is C33H43ClFNO. The molecule has 1 saturated carbocycles. The Labute approximate surface area is 228 Å². The van der Waals surface area contributed by atoms with Crippen LogP contribution in [0.3, 0.4) is 0 Å². The number of amides is 1. The van der Waals surface area contributed by atoms with Crippen LogP contribution in [0.4, 0.5) is 4.39 Å². The highest BCUT2D eigenvalue weighted by Crippen LogP contribution is 2.50. The fourth-order valence-electron chi connectivity index (χ4n) is 8.32. The molecule has 1 amide bonds. The fraction of sp³-hybridized carbons (Fsp3) is 0.606. The molecule has 5 rings (SSSR count). The highest BCUT2D eigenvalue weighted by atomic mass is 35.5. The second-order valence-electron chi connectivity index (χ2n) is 11.9. The van der Waals surface area contributed by atoms with Crippen LogP contribution in [0.2, 0.25) is 5.02 Å². The van der Waals surface area contributed by atoms with Gasteiger partial charge in [0.25, 0.3) is 0 Å². The van der Waals surface area contributed by atoms with Crippen LogP contribution >= 0.6 is 11.6 Å². The fourth-order valence-corrected chi connectivity index (χ4v) is 8.54. The number of hydrogen-bond acceptors (Lipinski definition) is 1. The van der Waals surface area contributed by atoms with Crippen LogP contribution < -0.4 is 0 Å². The van der Waals surface area contributed by atoms with Gasteiger partial charge in [0, 0.05) is 28.9 Å². The zero-order valence-corrected chi connectivity index (χ0v) is 23.4. The number of piperidine rings is 1. The number of carbonyl (C=O) groups excluding carboxylic acids is 1. The molecule has 0 unspecified atom stereocenters. The van der Waals surface area contributed by atoms with Gasteiger partial charge in [-0.05, 0) is 98.4 Å². The zero-order chi connectivity index (χ0) is 26.0. The number of rotatable bonds is 6. The number of halogens is 2. The molecule has 2 nitrogen and oxygen atoms in total. The Hall–Kier alpha value is -1.87. The van der Waals surface area contributed by atoms with E-state index in [1.165, 1.54) is 43.7 Å². The van der Waals surface area contributed by atoms with Gasteiger partial charge in [0.1, 0.15) is 5.82 Å². The summed E-state index contributed by atoms with van der Waals surface area (Å²) in [5.41, 5.74) is 2.74. The standard InChI is InChI=1S/C33H43ClFNO/c1-3-28(33(4-2)18-11-16-26-20-27(34)22-29(35)31(26)33)32(37)36-19-17-25(23-12-7-5-8-13-23)21-30(36)24-14-9-6-10-15-24/h5,7-8,12-13,20,22,24-25,28,30H,3-4,6,9-11,14-19,21H2,1-2H3/t25-,28+,30+,33+/m1/s1. The molecule has 2 aromatic carbocycles. The van der Waals surface area contributed by atoms with Crippen molar-refractivity contribution in [2.45, 2.75) is 108 Å². The van der Waals surface area contributed by atoms with E-state index in [1.54, 1.807) is 0 Å². The number of hydrogen-bond donors (Lipinski definition) is 0. The van der Waals surface area contributed by atoms with E-state index >= 15 is 4.39 Å². The van der Waals surface area contributed by atoms with Crippen molar-refractivity contribution in [2.24, 2.45) is 11.8 Å². The van der Waals surface area contributed by atoms with Gasteiger partial charge in [-0.25, -0.2) is 4.39 Å². The lowest BCUT2D eigenvalue weighted by molar-refractivity contribution is -0.145. The molecule has 1 aliphatic heterocycles. The number of benzene rings is 2. The average Bonchev–Trinajstić information content (AvgIpc) is 2.93. The Morgan fingerprint density at radius 3 is 2.54 bits per heavy atom. The van der Waals surface area contributed by atoms with Gasteiger partial charge in [-0.2, -0.15) is 0 Å². The molecule has 0 aromatic heterocycles. The van der Waals surface area contributed by atoms with Gasteiger partial charge in [0.05, 0.1) is 0 Å². The molecular weight excluding hydrogens is 481 g/mol. The van der Waals surface area contributed by atoms with Crippen LogP contribution in [0.15, 0.2) is 42.5 Å². The smallest absolute Gasteiger partial charge is 0.226 e. The maximum Gasteiger partial charge on any atom is 0.226 e. The topological polar surface area (TPSA) is 20.3 Å². The van der Waals surface area contributed by atoms with Crippen molar-refractivity contribution in [3.05, 3.63) is 70.0 Å². The third-order valence-corrected chi connectivity index (χ3v) is 10.3. The van der Waals surface area contributed by atoms with E-state index in [0.717, 1.165) is 62.6 Å². The van der Waals surface area contributed by atoms with Gasteiger partial charge in [-0.15, -0.1) is 0 Å². The first-order valence-electron chi connectivity index (χ1n) is 14.8. The molecule has 2 fully saturated rings. The molecule has 37 heavy (non-hydrogen) atoms. The molecule has 200 valence electrons. The summed E-state index contributed by atoms with van der Waals surface area (Å²) >= 11 is 6.27. The molecule has 0 bridgehead atoms. The Kier molecular flexibility index (Phi) is 8.29.